The zero-order valence-electron chi connectivity index (χ0n) is 15.8. The van der Waals surface area contributed by atoms with Gasteiger partial charge >= 0.3 is 0 Å². The van der Waals surface area contributed by atoms with Gasteiger partial charge in [-0.1, -0.05) is 66.0 Å². The lowest BCUT2D eigenvalue weighted by molar-refractivity contribution is -0.140. The molecule has 150 valence electrons. The maximum Gasteiger partial charge on any atom is 0.242 e. The fourth-order valence-corrected chi connectivity index (χ4v) is 3.23. The highest BCUT2D eigenvalue weighted by Crippen LogP contribution is 2.24. The lowest BCUT2D eigenvalue weighted by atomic mass is 10.1. The molecule has 0 aliphatic carbocycles. The summed E-state index contributed by atoms with van der Waals surface area (Å²) in [5.74, 6) is -0.395. The van der Waals surface area contributed by atoms with Gasteiger partial charge in [-0.3, -0.25) is 9.59 Å². The van der Waals surface area contributed by atoms with Gasteiger partial charge in [0.1, 0.15) is 6.04 Å². The molecule has 0 aliphatic heterocycles. The molecule has 2 amide bonds. The van der Waals surface area contributed by atoms with Crippen LogP contribution in [-0.2, 0) is 22.6 Å². The Hall–Kier alpha value is -1.75. The molecule has 0 aromatic heterocycles. The van der Waals surface area contributed by atoms with E-state index in [9.17, 15) is 9.59 Å². The number of carbonyl (C=O) groups excluding carboxylic acids is 2. The summed E-state index contributed by atoms with van der Waals surface area (Å²) in [7, 11) is 0. The molecular weight excluding hydrogens is 419 g/mol. The third kappa shape index (κ3) is 6.13. The van der Waals surface area contributed by atoms with Crippen LogP contribution >= 0.6 is 34.8 Å². The second kappa shape index (κ2) is 10.7. The zero-order valence-corrected chi connectivity index (χ0v) is 18.1. The highest BCUT2D eigenvalue weighted by atomic mass is 35.5. The third-order valence-electron chi connectivity index (χ3n) is 4.35. The van der Waals surface area contributed by atoms with E-state index in [0.717, 1.165) is 17.5 Å². The van der Waals surface area contributed by atoms with E-state index >= 15 is 0 Å². The molecule has 2 rings (SSSR count). The van der Waals surface area contributed by atoms with Crippen LogP contribution in [0.25, 0.3) is 0 Å². The number of rotatable bonds is 8. The molecule has 0 radical (unpaired) electrons. The number of nitrogens with one attached hydrogen (secondary N) is 1. The van der Waals surface area contributed by atoms with E-state index in [1.54, 1.807) is 31.2 Å². The van der Waals surface area contributed by atoms with Crippen LogP contribution in [0.1, 0.15) is 31.4 Å². The summed E-state index contributed by atoms with van der Waals surface area (Å²) in [5.41, 5.74) is 1.51. The number of hydrogen-bond acceptors (Lipinski definition) is 2. The Bertz CT molecular complexity index is 842. The topological polar surface area (TPSA) is 49.4 Å². The first-order valence-corrected chi connectivity index (χ1v) is 10.2. The summed E-state index contributed by atoms with van der Waals surface area (Å²) < 4.78 is 0. The molecule has 0 heterocycles. The van der Waals surface area contributed by atoms with Gasteiger partial charge < -0.3 is 10.2 Å². The molecule has 28 heavy (non-hydrogen) atoms. The second-order valence-electron chi connectivity index (χ2n) is 6.51. The molecule has 0 aliphatic rings. The van der Waals surface area contributed by atoms with Crippen LogP contribution in [-0.4, -0.2) is 29.3 Å². The van der Waals surface area contributed by atoms with E-state index in [1.807, 2.05) is 25.1 Å². The number of halogens is 3. The fourth-order valence-electron chi connectivity index (χ4n) is 2.71. The Labute approximate surface area is 180 Å². The molecule has 0 saturated carbocycles. The molecular formula is C21H23Cl3N2O2. The van der Waals surface area contributed by atoms with Gasteiger partial charge in [-0.2, -0.15) is 0 Å². The van der Waals surface area contributed by atoms with E-state index in [0.29, 0.717) is 21.6 Å². The molecule has 7 heteroatoms. The lowest BCUT2D eigenvalue weighted by Crippen LogP contribution is -2.48. The minimum atomic E-state index is -0.641. The number of nitrogens with zero attached hydrogens (tertiary/aromatic N) is 1. The van der Waals surface area contributed by atoms with Crippen LogP contribution in [0.5, 0.6) is 0 Å². The first-order valence-electron chi connectivity index (χ1n) is 9.08. The predicted molar refractivity (Wildman–Crippen MR) is 115 cm³/mol. The smallest absolute Gasteiger partial charge is 0.242 e. The molecule has 0 saturated heterocycles. The Kier molecular flexibility index (Phi) is 8.61. The van der Waals surface area contributed by atoms with E-state index in [2.05, 4.69) is 5.32 Å². The van der Waals surface area contributed by atoms with Crippen LogP contribution in [0, 0.1) is 0 Å². The van der Waals surface area contributed by atoms with Crippen molar-refractivity contribution in [1.82, 2.24) is 10.2 Å². The maximum atomic E-state index is 13.1. The van der Waals surface area contributed by atoms with E-state index in [-0.39, 0.29) is 24.8 Å². The Morgan fingerprint density at radius 3 is 2.39 bits per heavy atom. The van der Waals surface area contributed by atoms with E-state index in [4.69, 9.17) is 34.8 Å². The summed E-state index contributed by atoms with van der Waals surface area (Å²) in [4.78, 5) is 27.1. The van der Waals surface area contributed by atoms with Crippen LogP contribution in [0.2, 0.25) is 15.1 Å². The van der Waals surface area contributed by atoms with Crippen molar-refractivity contribution < 1.29 is 9.59 Å². The molecule has 0 bridgehead atoms. The molecule has 2 aromatic carbocycles. The molecule has 2 aromatic rings. The highest BCUT2D eigenvalue weighted by molar-refractivity contribution is 6.42. The van der Waals surface area contributed by atoms with Crippen molar-refractivity contribution in [3.8, 4) is 0 Å². The van der Waals surface area contributed by atoms with Crippen LogP contribution in [0.3, 0.4) is 0 Å². The van der Waals surface area contributed by atoms with Gasteiger partial charge in [0, 0.05) is 18.1 Å². The van der Waals surface area contributed by atoms with Crippen molar-refractivity contribution in [2.24, 2.45) is 0 Å². The van der Waals surface area contributed by atoms with Crippen molar-refractivity contribution in [1.29, 1.82) is 0 Å². The normalized spacial score (nSPS) is 11.8. The highest BCUT2D eigenvalue weighted by Gasteiger charge is 2.26. The second-order valence-corrected chi connectivity index (χ2v) is 7.73. The lowest BCUT2D eigenvalue weighted by Gasteiger charge is -2.29. The van der Waals surface area contributed by atoms with Crippen LogP contribution in [0.4, 0.5) is 0 Å². The minimum absolute atomic E-state index is 0.104. The van der Waals surface area contributed by atoms with Gasteiger partial charge in [-0.15, -0.1) is 0 Å². The number of carbonyl (C=O) groups is 2. The standard InChI is InChI=1S/C21H23Cl3N2O2/c1-3-10-25-21(28)14(2)26(13-16-6-4-5-7-17(16)22)20(27)12-15-8-9-18(23)19(24)11-15/h4-9,11,14H,3,10,12-13H2,1-2H3,(H,25,28). The van der Waals surface area contributed by atoms with Gasteiger partial charge in [0.05, 0.1) is 16.5 Å². The van der Waals surface area contributed by atoms with Crippen LogP contribution in [0.15, 0.2) is 42.5 Å². The molecule has 0 spiro atoms. The number of amides is 2. The monoisotopic (exact) mass is 440 g/mol. The molecule has 0 fully saturated rings. The Morgan fingerprint density at radius 1 is 1.04 bits per heavy atom. The fraction of sp³-hybridized carbons (Fsp3) is 0.333. The quantitative estimate of drug-likeness (QED) is 0.617. The Balaban J connectivity index is 2.25. The minimum Gasteiger partial charge on any atom is -0.354 e. The van der Waals surface area contributed by atoms with Crippen molar-refractivity contribution in [2.45, 2.75) is 39.3 Å². The van der Waals surface area contributed by atoms with Gasteiger partial charge in [-0.05, 0) is 42.7 Å². The molecule has 1 unspecified atom stereocenters. The van der Waals surface area contributed by atoms with Gasteiger partial charge in [0.15, 0.2) is 0 Å². The van der Waals surface area contributed by atoms with Crippen molar-refractivity contribution in [3.05, 3.63) is 68.7 Å². The summed E-state index contributed by atoms with van der Waals surface area (Å²) >= 11 is 18.3. The summed E-state index contributed by atoms with van der Waals surface area (Å²) in [5, 5.41) is 4.21. The number of benzene rings is 2. The van der Waals surface area contributed by atoms with Crippen LogP contribution < -0.4 is 5.32 Å². The van der Waals surface area contributed by atoms with Gasteiger partial charge in [0.25, 0.3) is 0 Å². The van der Waals surface area contributed by atoms with Crippen molar-refractivity contribution in [2.75, 3.05) is 6.54 Å². The van der Waals surface area contributed by atoms with Crippen molar-refractivity contribution >= 4 is 46.6 Å². The summed E-state index contributed by atoms with van der Waals surface area (Å²) in [6.45, 7) is 4.49. The first-order chi connectivity index (χ1) is 13.3. The predicted octanol–water partition coefficient (Wildman–Crippen LogP) is 5.13. The average Bonchev–Trinajstić information content (AvgIpc) is 2.67. The van der Waals surface area contributed by atoms with Gasteiger partial charge in [-0.25, -0.2) is 0 Å². The SMILES string of the molecule is CCCNC(=O)C(C)N(Cc1ccccc1Cl)C(=O)Cc1ccc(Cl)c(Cl)c1. The third-order valence-corrected chi connectivity index (χ3v) is 5.46. The summed E-state index contributed by atoms with van der Waals surface area (Å²) in [6.07, 6.45) is 0.924. The molecule has 1 atom stereocenters. The van der Waals surface area contributed by atoms with Gasteiger partial charge in [0.2, 0.25) is 11.8 Å². The average molecular weight is 442 g/mol. The number of hydrogen-bond donors (Lipinski definition) is 1. The first kappa shape index (κ1) is 22.5. The molecule has 4 nitrogen and oxygen atoms in total. The molecule has 1 N–H and O–H groups in total. The van der Waals surface area contributed by atoms with E-state index < -0.39 is 6.04 Å². The summed E-state index contributed by atoms with van der Waals surface area (Å²) in [6, 6.07) is 11.7. The zero-order chi connectivity index (χ0) is 20.7. The maximum absolute atomic E-state index is 13.1. The van der Waals surface area contributed by atoms with E-state index in [1.165, 1.54) is 4.90 Å². The van der Waals surface area contributed by atoms with Crippen molar-refractivity contribution in [3.63, 3.8) is 0 Å². The Morgan fingerprint density at radius 2 is 1.75 bits per heavy atom. The largest absolute Gasteiger partial charge is 0.354 e.